The first-order valence-corrected chi connectivity index (χ1v) is 8.40. The molecule has 2 rings (SSSR count). The third-order valence-corrected chi connectivity index (χ3v) is 4.59. The standard InChI is InChI=1S/C18H31NO/c1-5-6-7-8-9-15-12-16(15)13-19(18(2,3)4)17(20)14-10-11-14/h6-7,14-16H,5,8-13H2,1-4H3/b7-6-/t15-,16-/m0/s1. The molecule has 0 saturated heterocycles. The third kappa shape index (κ3) is 4.36. The van der Waals surface area contributed by atoms with E-state index in [4.69, 9.17) is 0 Å². The number of amides is 1. The van der Waals surface area contributed by atoms with Crippen molar-refractivity contribution in [1.82, 2.24) is 4.90 Å². The molecule has 114 valence electrons. The summed E-state index contributed by atoms with van der Waals surface area (Å²) in [6.45, 7) is 9.69. The lowest BCUT2D eigenvalue weighted by Gasteiger charge is -2.36. The molecule has 0 spiro atoms. The quantitative estimate of drug-likeness (QED) is 0.631. The first kappa shape index (κ1) is 15.6. The van der Waals surface area contributed by atoms with E-state index >= 15 is 0 Å². The number of allylic oxidation sites excluding steroid dienone is 2. The molecule has 2 atom stereocenters. The Morgan fingerprint density at radius 2 is 1.90 bits per heavy atom. The number of nitrogens with zero attached hydrogens (tertiary/aromatic N) is 1. The smallest absolute Gasteiger partial charge is 0.226 e. The van der Waals surface area contributed by atoms with Crippen molar-refractivity contribution < 1.29 is 4.79 Å². The van der Waals surface area contributed by atoms with Crippen molar-refractivity contribution in [2.45, 2.75) is 71.8 Å². The summed E-state index contributed by atoms with van der Waals surface area (Å²) in [5.74, 6) is 2.37. The van der Waals surface area contributed by atoms with Crippen molar-refractivity contribution in [3.05, 3.63) is 12.2 Å². The predicted molar refractivity (Wildman–Crippen MR) is 84.5 cm³/mol. The van der Waals surface area contributed by atoms with Gasteiger partial charge in [0, 0.05) is 18.0 Å². The van der Waals surface area contributed by atoms with Gasteiger partial charge in [-0.3, -0.25) is 4.79 Å². The van der Waals surface area contributed by atoms with E-state index in [0.29, 0.717) is 11.8 Å². The molecule has 0 N–H and O–H groups in total. The minimum absolute atomic E-state index is 0.0189. The van der Waals surface area contributed by atoms with Crippen molar-refractivity contribution in [1.29, 1.82) is 0 Å². The molecule has 0 aromatic rings. The van der Waals surface area contributed by atoms with Crippen LogP contribution in [0.4, 0.5) is 0 Å². The third-order valence-electron chi connectivity index (χ3n) is 4.59. The molecule has 0 unspecified atom stereocenters. The van der Waals surface area contributed by atoms with E-state index in [0.717, 1.165) is 37.6 Å². The monoisotopic (exact) mass is 277 g/mol. The Hall–Kier alpha value is -0.790. The van der Waals surface area contributed by atoms with Gasteiger partial charge in [0.25, 0.3) is 0 Å². The highest BCUT2D eigenvalue weighted by molar-refractivity contribution is 5.81. The minimum atomic E-state index is -0.0189. The largest absolute Gasteiger partial charge is 0.337 e. The van der Waals surface area contributed by atoms with Gasteiger partial charge in [0.1, 0.15) is 0 Å². The van der Waals surface area contributed by atoms with Crippen LogP contribution in [0.25, 0.3) is 0 Å². The Bertz CT molecular complexity index is 362. The predicted octanol–water partition coefficient (Wildman–Crippen LogP) is 4.41. The summed E-state index contributed by atoms with van der Waals surface area (Å²) in [5.41, 5.74) is -0.0189. The fourth-order valence-electron chi connectivity index (χ4n) is 2.96. The zero-order chi connectivity index (χ0) is 14.8. The van der Waals surface area contributed by atoms with Crippen LogP contribution >= 0.6 is 0 Å². The summed E-state index contributed by atoms with van der Waals surface area (Å²) in [7, 11) is 0. The Labute approximate surface area is 124 Å². The Balaban J connectivity index is 1.78. The Morgan fingerprint density at radius 1 is 1.20 bits per heavy atom. The molecular formula is C18H31NO. The van der Waals surface area contributed by atoms with E-state index in [1.54, 1.807) is 0 Å². The second-order valence-corrected chi connectivity index (χ2v) is 7.61. The van der Waals surface area contributed by atoms with E-state index in [1.165, 1.54) is 19.3 Å². The number of carbonyl (C=O) groups excluding carboxylic acids is 1. The van der Waals surface area contributed by atoms with Gasteiger partial charge >= 0.3 is 0 Å². The molecular weight excluding hydrogens is 246 g/mol. The molecule has 2 saturated carbocycles. The van der Waals surface area contributed by atoms with Crippen LogP contribution in [0, 0.1) is 17.8 Å². The molecule has 2 aliphatic carbocycles. The zero-order valence-electron chi connectivity index (χ0n) is 13.7. The highest BCUT2D eigenvalue weighted by Gasteiger charge is 2.43. The summed E-state index contributed by atoms with van der Waals surface area (Å²) in [5, 5.41) is 0. The van der Waals surface area contributed by atoms with Gasteiger partial charge in [-0.05, 0) is 71.1 Å². The molecule has 2 aliphatic rings. The Kier molecular flexibility index (Phi) is 4.93. The van der Waals surface area contributed by atoms with Crippen molar-refractivity contribution in [3.8, 4) is 0 Å². The van der Waals surface area contributed by atoms with Crippen molar-refractivity contribution in [2.24, 2.45) is 17.8 Å². The van der Waals surface area contributed by atoms with Gasteiger partial charge in [-0.1, -0.05) is 19.1 Å². The number of hydrogen-bond acceptors (Lipinski definition) is 1. The van der Waals surface area contributed by atoms with Crippen LogP contribution in [0.1, 0.15) is 66.2 Å². The molecule has 0 radical (unpaired) electrons. The fourth-order valence-corrected chi connectivity index (χ4v) is 2.96. The normalized spacial score (nSPS) is 26.0. The van der Waals surface area contributed by atoms with Gasteiger partial charge in [0.2, 0.25) is 5.91 Å². The first-order valence-electron chi connectivity index (χ1n) is 8.40. The number of rotatable bonds is 7. The summed E-state index contributed by atoms with van der Waals surface area (Å²) < 4.78 is 0. The summed E-state index contributed by atoms with van der Waals surface area (Å²) in [4.78, 5) is 14.6. The van der Waals surface area contributed by atoms with Crippen molar-refractivity contribution in [3.63, 3.8) is 0 Å². The minimum Gasteiger partial charge on any atom is -0.337 e. The van der Waals surface area contributed by atoms with Crippen LogP contribution in [0.3, 0.4) is 0 Å². The van der Waals surface area contributed by atoms with E-state index in [1.807, 2.05) is 0 Å². The molecule has 0 heterocycles. The van der Waals surface area contributed by atoms with Gasteiger partial charge < -0.3 is 4.90 Å². The lowest BCUT2D eigenvalue weighted by Crippen LogP contribution is -2.47. The Morgan fingerprint density at radius 3 is 2.45 bits per heavy atom. The molecule has 1 amide bonds. The van der Waals surface area contributed by atoms with Gasteiger partial charge in [0.15, 0.2) is 0 Å². The zero-order valence-corrected chi connectivity index (χ0v) is 13.7. The molecule has 0 aromatic heterocycles. The maximum Gasteiger partial charge on any atom is 0.226 e. The molecule has 2 heteroatoms. The van der Waals surface area contributed by atoms with Gasteiger partial charge in [-0.15, -0.1) is 0 Å². The average Bonchev–Trinajstić information content (AvgIpc) is 3.24. The van der Waals surface area contributed by atoms with Gasteiger partial charge in [-0.25, -0.2) is 0 Å². The van der Waals surface area contributed by atoms with Gasteiger partial charge in [-0.2, -0.15) is 0 Å². The van der Waals surface area contributed by atoms with Crippen LogP contribution in [0.2, 0.25) is 0 Å². The summed E-state index contributed by atoms with van der Waals surface area (Å²) in [6.07, 6.45) is 11.8. The molecule has 0 aromatic carbocycles. The first-order chi connectivity index (χ1) is 9.43. The molecule has 2 fully saturated rings. The SMILES string of the molecule is CC/C=C\CC[C@H]1C[C@H]1CN(C(=O)C1CC1)C(C)(C)C. The topological polar surface area (TPSA) is 20.3 Å². The number of hydrogen-bond donors (Lipinski definition) is 0. The van der Waals surface area contributed by atoms with Crippen LogP contribution in [0.15, 0.2) is 12.2 Å². The lowest BCUT2D eigenvalue weighted by atomic mass is 10.0. The fraction of sp³-hybridized carbons (Fsp3) is 0.833. The van der Waals surface area contributed by atoms with Crippen molar-refractivity contribution in [2.75, 3.05) is 6.54 Å². The van der Waals surface area contributed by atoms with E-state index in [-0.39, 0.29) is 5.54 Å². The molecule has 0 aliphatic heterocycles. The highest BCUT2D eigenvalue weighted by Crippen LogP contribution is 2.44. The molecule has 2 nitrogen and oxygen atoms in total. The van der Waals surface area contributed by atoms with Crippen LogP contribution < -0.4 is 0 Å². The lowest BCUT2D eigenvalue weighted by molar-refractivity contribution is -0.137. The van der Waals surface area contributed by atoms with Gasteiger partial charge in [0.05, 0.1) is 0 Å². The summed E-state index contributed by atoms with van der Waals surface area (Å²) in [6, 6.07) is 0. The molecule has 20 heavy (non-hydrogen) atoms. The van der Waals surface area contributed by atoms with E-state index in [9.17, 15) is 4.79 Å². The number of carbonyl (C=O) groups is 1. The summed E-state index contributed by atoms with van der Waals surface area (Å²) >= 11 is 0. The van der Waals surface area contributed by atoms with E-state index in [2.05, 4.69) is 44.7 Å². The van der Waals surface area contributed by atoms with Crippen LogP contribution in [0.5, 0.6) is 0 Å². The highest BCUT2D eigenvalue weighted by atomic mass is 16.2. The molecule has 0 bridgehead atoms. The maximum absolute atomic E-state index is 12.4. The van der Waals surface area contributed by atoms with Crippen LogP contribution in [-0.2, 0) is 4.79 Å². The second kappa shape index (κ2) is 6.32. The maximum atomic E-state index is 12.4. The second-order valence-electron chi connectivity index (χ2n) is 7.61. The van der Waals surface area contributed by atoms with Crippen LogP contribution in [-0.4, -0.2) is 22.9 Å². The average molecular weight is 277 g/mol. The van der Waals surface area contributed by atoms with E-state index < -0.39 is 0 Å². The van der Waals surface area contributed by atoms with Crippen molar-refractivity contribution >= 4 is 5.91 Å².